The number of hydrogen-bond donors (Lipinski definition) is 1. The molecule has 224 valence electrons. The average molecular weight is 588 g/mol. The van der Waals surface area contributed by atoms with Crippen LogP contribution in [0.4, 0.5) is 24.5 Å². The zero-order valence-electron chi connectivity index (χ0n) is 23.6. The summed E-state index contributed by atoms with van der Waals surface area (Å²) in [4.78, 5) is 47.5. The molecular formula is C28H32F3N7O4. The summed E-state index contributed by atoms with van der Waals surface area (Å²) in [5, 5.41) is 7.19. The van der Waals surface area contributed by atoms with E-state index in [1.54, 1.807) is 9.47 Å². The maximum Gasteiger partial charge on any atom is 0.416 e. The first kappa shape index (κ1) is 29.3. The Labute approximate surface area is 239 Å². The molecule has 1 N–H and O–H groups in total. The highest BCUT2D eigenvalue weighted by molar-refractivity contribution is 5.91. The third kappa shape index (κ3) is 5.89. The van der Waals surface area contributed by atoms with Gasteiger partial charge in [-0.3, -0.25) is 14.4 Å². The van der Waals surface area contributed by atoms with Crippen molar-refractivity contribution in [2.75, 3.05) is 49.6 Å². The molecule has 0 spiro atoms. The van der Waals surface area contributed by atoms with Gasteiger partial charge in [-0.15, -0.1) is 5.10 Å². The van der Waals surface area contributed by atoms with E-state index >= 15 is 0 Å². The largest absolute Gasteiger partial charge is 0.416 e. The summed E-state index contributed by atoms with van der Waals surface area (Å²) in [6, 6.07) is 4.19. The second-order valence-electron chi connectivity index (χ2n) is 10.6. The third-order valence-electron chi connectivity index (χ3n) is 7.40. The lowest BCUT2D eigenvalue weighted by molar-refractivity contribution is -0.137. The maximum atomic E-state index is 14.0. The van der Waals surface area contributed by atoms with Gasteiger partial charge in [0, 0.05) is 38.8 Å². The number of nitrogens with zero attached hydrogens (tertiary/aromatic N) is 6. The van der Waals surface area contributed by atoms with Gasteiger partial charge in [0.25, 0.3) is 5.56 Å². The molecular weight excluding hydrogens is 555 g/mol. The van der Waals surface area contributed by atoms with Gasteiger partial charge in [-0.05, 0) is 42.2 Å². The molecule has 2 aromatic heterocycles. The number of anilines is 2. The number of piperazine rings is 1. The molecule has 4 heterocycles. The second-order valence-corrected chi connectivity index (χ2v) is 10.6. The van der Waals surface area contributed by atoms with Crippen molar-refractivity contribution in [2.45, 2.75) is 45.8 Å². The molecule has 0 saturated carbocycles. The van der Waals surface area contributed by atoms with Crippen molar-refractivity contribution >= 4 is 34.5 Å². The van der Waals surface area contributed by atoms with Crippen LogP contribution in [0.15, 0.2) is 35.1 Å². The number of fused-ring (bicyclic) bond motifs is 1. The number of hydrogen-bond acceptors (Lipinski definition) is 7. The lowest BCUT2D eigenvalue weighted by Crippen LogP contribution is -2.50. The monoisotopic (exact) mass is 587 g/mol. The minimum Gasteiger partial charge on any atom is -0.377 e. The van der Waals surface area contributed by atoms with Crippen molar-refractivity contribution in [1.82, 2.24) is 24.1 Å². The topological polar surface area (TPSA) is 114 Å². The molecule has 0 atom stereocenters. The van der Waals surface area contributed by atoms with E-state index < -0.39 is 17.6 Å². The van der Waals surface area contributed by atoms with Gasteiger partial charge in [-0.2, -0.15) is 22.7 Å². The molecule has 11 nitrogen and oxygen atoms in total. The van der Waals surface area contributed by atoms with Gasteiger partial charge in [-0.1, -0.05) is 19.9 Å². The standard InChI is InChI=1S/C28H32F3N7O4/c1-17(2)23-24(36-12-10-35(11-13-36)18(3)39)26(41)38-27(33-25(34-38)19-8-14-42-15-9-19)37(23)16-22(40)32-21-6-4-20(5-7-21)28(29,30)31/h4-8,17H,9-16H2,1-3H3,(H,32,40). The lowest BCUT2D eigenvalue weighted by atomic mass is 10.1. The Bertz CT molecular complexity index is 1580. The number of amides is 2. The van der Waals surface area contributed by atoms with E-state index in [0.29, 0.717) is 63.0 Å². The normalized spacial score (nSPS) is 16.2. The lowest BCUT2D eigenvalue weighted by Gasteiger charge is -2.37. The van der Waals surface area contributed by atoms with Gasteiger partial charge >= 0.3 is 6.18 Å². The molecule has 1 saturated heterocycles. The van der Waals surface area contributed by atoms with Crippen LogP contribution in [-0.4, -0.2) is 75.3 Å². The van der Waals surface area contributed by atoms with E-state index in [4.69, 9.17) is 4.74 Å². The Hall–Kier alpha value is -4.20. The summed E-state index contributed by atoms with van der Waals surface area (Å²) in [5.41, 5.74) is 0.777. The van der Waals surface area contributed by atoms with Crippen LogP contribution in [0, 0.1) is 0 Å². The van der Waals surface area contributed by atoms with Gasteiger partial charge in [0.2, 0.25) is 17.6 Å². The molecule has 2 amide bonds. The van der Waals surface area contributed by atoms with Crippen LogP contribution in [-0.2, 0) is 27.0 Å². The number of ether oxygens (including phenoxy) is 1. The first-order valence-corrected chi connectivity index (χ1v) is 13.7. The molecule has 1 fully saturated rings. The Kier molecular flexibility index (Phi) is 8.08. The molecule has 14 heteroatoms. The molecule has 0 bridgehead atoms. The summed E-state index contributed by atoms with van der Waals surface area (Å²) in [6.45, 7) is 7.65. The Balaban J connectivity index is 1.57. The first-order valence-electron chi connectivity index (χ1n) is 13.7. The van der Waals surface area contributed by atoms with Crippen molar-refractivity contribution in [3.05, 3.63) is 57.8 Å². The van der Waals surface area contributed by atoms with Crippen LogP contribution in [0.3, 0.4) is 0 Å². The minimum absolute atomic E-state index is 0.0443. The van der Waals surface area contributed by atoms with E-state index in [-0.39, 0.29) is 35.4 Å². The molecule has 2 aliphatic heterocycles. The van der Waals surface area contributed by atoms with Crippen molar-refractivity contribution < 1.29 is 27.5 Å². The Morgan fingerprint density at radius 3 is 2.36 bits per heavy atom. The highest BCUT2D eigenvalue weighted by Gasteiger charge is 2.31. The van der Waals surface area contributed by atoms with Crippen LogP contribution >= 0.6 is 0 Å². The summed E-state index contributed by atoms with van der Waals surface area (Å²) in [5.74, 6) is -0.230. The predicted octanol–water partition coefficient (Wildman–Crippen LogP) is 3.14. The van der Waals surface area contributed by atoms with Crippen LogP contribution in [0.2, 0.25) is 0 Å². The smallest absolute Gasteiger partial charge is 0.377 e. The van der Waals surface area contributed by atoms with Crippen molar-refractivity contribution in [2.24, 2.45) is 0 Å². The Morgan fingerprint density at radius 1 is 1.10 bits per heavy atom. The number of alkyl halides is 3. The van der Waals surface area contributed by atoms with Crippen molar-refractivity contribution in [3.63, 3.8) is 0 Å². The molecule has 0 aliphatic carbocycles. The van der Waals surface area contributed by atoms with Gasteiger partial charge in [0.15, 0.2) is 5.82 Å². The zero-order chi connectivity index (χ0) is 30.2. The molecule has 0 unspecified atom stereocenters. The van der Waals surface area contributed by atoms with Crippen LogP contribution < -0.4 is 15.8 Å². The summed E-state index contributed by atoms with van der Waals surface area (Å²) in [7, 11) is 0. The fourth-order valence-electron chi connectivity index (χ4n) is 5.30. The first-order chi connectivity index (χ1) is 19.9. The van der Waals surface area contributed by atoms with Gasteiger partial charge in [0.1, 0.15) is 12.2 Å². The molecule has 0 radical (unpaired) electrons. The predicted molar refractivity (Wildman–Crippen MR) is 149 cm³/mol. The summed E-state index contributed by atoms with van der Waals surface area (Å²) >= 11 is 0. The fraction of sp³-hybridized carbons (Fsp3) is 0.464. The number of rotatable bonds is 6. The highest BCUT2D eigenvalue weighted by atomic mass is 19.4. The second kappa shape index (κ2) is 11.6. The number of aromatic nitrogens is 4. The highest BCUT2D eigenvalue weighted by Crippen LogP contribution is 2.31. The van der Waals surface area contributed by atoms with Crippen LogP contribution in [0.5, 0.6) is 0 Å². The van der Waals surface area contributed by atoms with E-state index in [1.807, 2.05) is 24.8 Å². The third-order valence-corrected chi connectivity index (χ3v) is 7.40. The summed E-state index contributed by atoms with van der Waals surface area (Å²) in [6.07, 6.45) is -2.07. The number of halogens is 3. The molecule has 42 heavy (non-hydrogen) atoms. The van der Waals surface area contributed by atoms with E-state index in [2.05, 4.69) is 15.4 Å². The SMILES string of the molecule is CC(=O)N1CCN(c2c(C(C)C)n(CC(=O)Nc3ccc(C(F)(F)F)cc3)c3nc(C4=CCOCC4)nn3c2=O)CC1. The van der Waals surface area contributed by atoms with Crippen molar-refractivity contribution in [3.8, 4) is 0 Å². The van der Waals surface area contributed by atoms with E-state index in [1.165, 1.54) is 23.6 Å². The minimum atomic E-state index is -4.49. The van der Waals surface area contributed by atoms with E-state index in [0.717, 1.165) is 17.7 Å². The zero-order valence-corrected chi connectivity index (χ0v) is 23.6. The number of nitrogens with one attached hydrogen (secondary N) is 1. The molecule has 1 aromatic carbocycles. The number of carbonyl (C=O) groups excluding carboxylic acids is 2. The van der Waals surface area contributed by atoms with Gasteiger partial charge in [0.05, 0.1) is 24.5 Å². The van der Waals surface area contributed by atoms with Crippen LogP contribution in [0.25, 0.3) is 11.4 Å². The quantitative estimate of drug-likeness (QED) is 0.472. The van der Waals surface area contributed by atoms with Gasteiger partial charge in [-0.25, -0.2) is 0 Å². The van der Waals surface area contributed by atoms with Crippen molar-refractivity contribution in [1.29, 1.82) is 0 Å². The molecule has 5 rings (SSSR count). The van der Waals surface area contributed by atoms with Gasteiger partial charge < -0.3 is 24.4 Å². The fourth-order valence-corrected chi connectivity index (χ4v) is 5.30. The molecule has 2 aliphatic rings. The molecule has 3 aromatic rings. The summed E-state index contributed by atoms with van der Waals surface area (Å²) < 4.78 is 47.2. The van der Waals surface area contributed by atoms with Crippen LogP contribution in [0.1, 0.15) is 50.2 Å². The number of carbonyl (C=O) groups is 2. The maximum absolute atomic E-state index is 14.0. The van der Waals surface area contributed by atoms with E-state index in [9.17, 15) is 27.6 Å². The number of benzene rings is 1. The Morgan fingerprint density at radius 2 is 1.79 bits per heavy atom. The average Bonchev–Trinajstić information content (AvgIpc) is 3.41.